The fourth-order valence-corrected chi connectivity index (χ4v) is 2.22. The molecular weight excluding hydrogens is 264 g/mol. The van der Waals surface area contributed by atoms with E-state index in [1.54, 1.807) is 12.1 Å². The van der Waals surface area contributed by atoms with Crippen LogP contribution in [0.4, 0.5) is 0 Å². The van der Waals surface area contributed by atoms with Gasteiger partial charge in [-0.05, 0) is 44.3 Å². The Morgan fingerprint density at radius 1 is 1.21 bits per heavy atom. The minimum atomic E-state index is -3.37. The molecule has 0 heterocycles. The molecule has 0 amide bonds. The Morgan fingerprint density at radius 3 is 2.37 bits per heavy atom. The first-order valence-corrected chi connectivity index (χ1v) is 7.84. The largest absolute Gasteiger partial charge is 0.494 e. The Hall–Kier alpha value is -1.11. The van der Waals surface area contributed by atoms with Crippen LogP contribution in [0.2, 0.25) is 0 Å². The van der Waals surface area contributed by atoms with Crippen molar-refractivity contribution in [2.24, 2.45) is 0 Å². The molecule has 0 unspecified atom stereocenters. The van der Waals surface area contributed by atoms with Gasteiger partial charge < -0.3 is 10.1 Å². The van der Waals surface area contributed by atoms with E-state index in [2.05, 4.69) is 23.9 Å². The third-order valence-electron chi connectivity index (χ3n) is 2.55. The van der Waals surface area contributed by atoms with E-state index >= 15 is 0 Å². The fraction of sp³-hybridized carbons (Fsp3) is 0.538. The van der Waals surface area contributed by atoms with Crippen LogP contribution in [0, 0.1) is 0 Å². The van der Waals surface area contributed by atoms with E-state index in [1.807, 2.05) is 0 Å². The molecule has 0 aliphatic carbocycles. The summed E-state index contributed by atoms with van der Waals surface area (Å²) in [6.45, 7) is 5.71. The molecule has 0 atom stereocenters. The lowest BCUT2D eigenvalue weighted by atomic mass is 10.3. The maximum absolute atomic E-state index is 11.5. The predicted octanol–water partition coefficient (Wildman–Crippen LogP) is 1.36. The Balaban J connectivity index is 2.41. The van der Waals surface area contributed by atoms with Crippen molar-refractivity contribution in [3.05, 3.63) is 24.3 Å². The van der Waals surface area contributed by atoms with Crippen LogP contribution in [0.25, 0.3) is 0 Å². The number of benzene rings is 1. The molecule has 1 aromatic rings. The minimum Gasteiger partial charge on any atom is -0.494 e. The third kappa shape index (κ3) is 5.59. The van der Waals surface area contributed by atoms with E-state index in [0.717, 1.165) is 13.0 Å². The van der Waals surface area contributed by atoms with Crippen LogP contribution in [0.1, 0.15) is 20.3 Å². The molecule has 108 valence electrons. The monoisotopic (exact) mass is 286 g/mol. The zero-order valence-corrected chi connectivity index (χ0v) is 12.5. The number of hydrogen-bond donors (Lipinski definition) is 2. The van der Waals surface area contributed by atoms with E-state index in [9.17, 15) is 8.42 Å². The van der Waals surface area contributed by atoms with Gasteiger partial charge in [-0.15, -0.1) is 0 Å². The molecule has 0 aromatic heterocycles. The predicted molar refractivity (Wildman–Crippen MR) is 75.9 cm³/mol. The van der Waals surface area contributed by atoms with Gasteiger partial charge in [0.1, 0.15) is 5.75 Å². The van der Waals surface area contributed by atoms with Crippen LogP contribution in [-0.2, 0) is 10.0 Å². The van der Waals surface area contributed by atoms with Crippen molar-refractivity contribution in [1.29, 1.82) is 0 Å². The van der Waals surface area contributed by atoms with Gasteiger partial charge in [-0.1, -0.05) is 13.8 Å². The van der Waals surface area contributed by atoms with Crippen molar-refractivity contribution in [3.8, 4) is 5.75 Å². The molecule has 1 rings (SSSR count). The van der Waals surface area contributed by atoms with Crippen molar-refractivity contribution < 1.29 is 13.2 Å². The smallest absolute Gasteiger partial charge is 0.240 e. The summed E-state index contributed by atoms with van der Waals surface area (Å²) in [6, 6.07) is 6.88. The molecule has 2 N–H and O–H groups in total. The molecule has 0 saturated carbocycles. The minimum absolute atomic E-state index is 0.240. The molecule has 1 aromatic carbocycles. The van der Waals surface area contributed by atoms with Gasteiger partial charge in [0.05, 0.1) is 11.5 Å². The number of rotatable bonds is 8. The second-order valence-electron chi connectivity index (χ2n) is 4.49. The second-order valence-corrected chi connectivity index (χ2v) is 6.38. The first-order valence-electron chi connectivity index (χ1n) is 6.35. The normalized spacial score (nSPS) is 11.8. The van der Waals surface area contributed by atoms with E-state index in [0.29, 0.717) is 18.4 Å². The Labute approximate surface area is 115 Å². The standard InChI is InChI=1S/C13H22N2O3S/c1-11(2)15-9-4-10-18-12-5-7-13(8-6-12)19(16,17)14-3/h5-8,11,14-15H,4,9-10H2,1-3H3. The molecule has 0 radical (unpaired) electrons. The van der Waals surface area contributed by atoms with Gasteiger partial charge in [0.2, 0.25) is 10.0 Å². The van der Waals surface area contributed by atoms with E-state index in [4.69, 9.17) is 4.74 Å². The molecule has 19 heavy (non-hydrogen) atoms. The number of sulfonamides is 1. The highest BCUT2D eigenvalue weighted by Crippen LogP contribution is 2.15. The molecule has 0 aliphatic rings. The van der Waals surface area contributed by atoms with Crippen molar-refractivity contribution in [3.63, 3.8) is 0 Å². The number of hydrogen-bond acceptors (Lipinski definition) is 4. The van der Waals surface area contributed by atoms with Crippen molar-refractivity contribution >= 4 is 10.0 Å². The zero-order valence-electron chi connectivity index (χ0n) is 11.6. The Kier molecular flexibility index (Phi) is 6.27. The van der Waals surface area contributed by atoms with Gasteiger partial charge in [0.25, 0.3) is 0 Å². The summed E-state index contributed by atoms with van der Waals surface area (Å²) in [6.07, 6.45) is 0.911. The van der Waals surface area contributed by atoms with E-state index in [1.165, 1.54) is 19.2 Å². The van der Waals surface area contributed by atoms with Crippen LogP contribution in [0.15, 0.2) is 29.2 Å². The molecule has 0 bridgehead atoms. The summed E-state index contributed by atoms with van der Waals surface area (Å²) < 4.78 is 30.8. The van der Waals surface area contributed by atoms with Crippen LogP contribution in [0.3, 0.4) is 0 Å². The average molecular weight is 286 g/mol. The fourth-order valence-electron chi connectivity index (χ4n) is 1.49. The highest BCUT2D eigenvalue weighted by atomic mass is 32.2. The summed E-state index contributed by atoms with van der Waals surface area (Å²) >= 11 is 0. The van der Waals surface area contributed by atoms with Crippen LogP contribution in [0.5, 0.6) is 5.75 Å². The molecule has 0 saturated heterocycles. The van der Waals surface area contributed by atoms with Gasteiger partial charge >= 0.3 is 0 Å². The number of nitrogens with one attached hydrogen (secondary N) is 2. The summed E-state index contributed by atoms with van der Waals surface area (Å²) in [5, 5.41) is 3.30. The molecule has 0 aliphatic heterocycles. The van der Waals surface area contributed by atoms with Gasteiger partial charge in [-0.3, -0.25) is 0 Å². The first kappa shape index (κ1) is 15.9. The first-order chi connectivity index (χ1) is 8.95. The van der Waals surface area contributed by atoms with Crippen molar-refractivity contribution in [1.82, 2.24) is 10.0 Å². The Morgan fingerprint density at radius 2 is 1.84 bits per heavy atom. The maximum atomic E-state index is 11.5. The molecule has 0 spiro atoms. The lowest BCUT2D eigenvalue weighted by molar-refractivity contribution is 0.306. The molecule has 0 fully saturated rings. The Bertz CT molecular complexity index is 469. The summed E-state index contributed by atoms with van der Waals surface area (Å²) in [4.78, 5) is 0.240. The molecule has 6 heteroatoms. The summed E-state index contributed by atoms with van der Waals surface area (Å²) in [5.41, 5.74) is 0. The van der Waals surface area contributed by atoms with Crippen molar-refractivity contribution in [2.45, 2.75) is 31.2 Å². The van der Waals surface area contributed by atoms with E-state index in [-0.39, 0.29) is 4.90 Å². The molecule has 5 nitrogen and oxygen atoms in total. The van der Waals surface area contributed by atoms with Gasteiger partial charge in [0.15, 0.2) is 0 Å². The zero-order chi connectivity index (χ0) is 14.3. The average Bonchev–Trinajstić information content (AvgIpc) is 2.38. The van der Waals surface area contributed by atoms with Gasteiger partial charge in [0, 0.05) is 6.04 Å². The topological polar surface area (TPSA) is 67.4 Å². The van der Waals surface area contributed by atoms with Crippen molar-refractivity contribution in [2.75, 3.05) is 20.2 Å². The SMILES string of the molecule is CNS(=O)(=O)c1ccc(OCCCNC(C)C)cc1. The highest BCUT2D eigenvalue weighted by molar-refractivity contribution is 7.89. The third-order valence-corrected chi connectivity index (χ3v) is 3.98. The van der Waals surface area contributed by atoms with Crippen LogP contribution >= 0.6 is 0 Å². The second kappa shape index (κ2) is 7.47. The summed E-state index contributed by atoms with van der Waals surface area (Å²) in [5.74, 6) is 0.680. The van der Waals surface area contributed by atoms with E-state index < -0.39 is 10.0 Å². The lowest BCUT2D eigenvalue weighted by Gasteiger charge is -2.09. The quantitative estimate of drug-likeness (QED) is 0.708. The summed E-state index contributed by atoms with van der Waals surface area (Å²) in [7, 11) is -1.98. The lowest BCUT2D eigenvalue weighted by Crippen LogP contribution is -2.24. The number of ether oxygens (including phenoxy) is 1. The van der Waals surface area contributed by atoms with Gasteiger partial charge in [-0.25, -0.2) is 13.1 Å². The van der Waals surface area contributed by atoms with Crippen LogP contribution < -0.4 is 14.8 Å². The maximum Gasteiger partial charge on any atom is 0.240 e. The highest BCUT2D eigenvalue weighted by Gasteiger charge is 2.10. The van der Waals surface area contributed by atoms with Crippen LogP contribution in [-0.4, -0.2) is 34.7 Å². The van der Waals surface area contributed by atoms with Gasteiger partial charge in [-0.2, -0.15) is 0 Å². The molecular formula is C13H22N2O3S.